The molecular weight excluding hydrogens is 264 g/mol. The van der Waals surface area contributed by atoms with Gasteiger partial charge in [-0.2, -0.15) is 0 Å². The van der Waals surface area contributed by atoms with Crippen LogP contribution in [0.3, 0.4) is 0 Å². The Balaban J connectivity index is 2.11. The molecule has 1 saturated heterocycles. The summed E-state index contributed by atoms with van der Waals surface area (Å²) in [6, 6.07) is 8.59. The number of nitrogens with two attached hydrogens (primary N) is 1. The lowest BCUT2D eigenvalue weighted by Gasteiger charge is -2.37. The first-order chi connectivity index (χ1) is 9.97. The fourth-order valence-corrected chi connectivity index (χ4v) is 2.85. The maximum atomic E-state index is 11.4. The van der Waals surface area contributed by atoms with Gasteiger partial charge in [-0.1, -0.05) is 18.2 Å². The van der Waals surface area contributed by atoms with Gasteiger partial charge in [-0.25, -0.2) is 0 Å². The minimum absolute atomic E-state index is 0.0284. The van der Waals surface area contributed by atoms with Crippen molar-refractivity contribution in [2.24, 2.45) is 11.7 Å². The molecular formula is C17H26N2O2. The van der Waals surface area contributed by atoms with Crippen molar-refractivity contribution in [3.05, 3.63) is 29.8 Å². The van der Waals surface area contributed by atoms with Crippen molar-refractivity contribution >= 4 is 5.91 Å². The van der Waals surface area contributed by atoms with Crippen LogP contribution in [0.4, 0.5) is 0 Å². The van der Waals surface area contributed by atoms with Crippen LogP contribution < -0.4 is 10.5 Å². The number of hydrogen-bond acceptors (Lipinski definition) is 3. The molecule has 1 fully saturated rings. The average molecular weight is 290 g/mol. The number of carbonyl (C=O) groups excluding carboxylic acids is 1. The Kier molecular flexibility index (Phi) is 5.23. The monoisotopic (exact) mass is 290 g/mol. The van der Waals surface area contributed by atoms with E-state index >= 15 is 0 Å². The molecule has 1 heterocycles. The van der Waals surface area contributed by atoms with Crippen molar-refractivity contribution < 1.29 is 9.53 Å². The number of primary amides is 1. The molecule has 0 saturated carbocycles. The fourth-order valence-electron chi connectivity index (χ4n) is 2.85. The molecule has 2 rings (SSSR count). The Morgan fingerprint density at radius 2 is 2.10 bits per heavy atom. The van der Waals surface area contributed by atoms with Gasteiger partial charge in [-0.05, 0) is 39.7 Å². The minimum Gasteiger partial charge on any atom is -0.491 e. The maximum Gasteiger partial charge on any atom is 0.221 e. The van der Waals surface area contributed by atoms with Crippen LogP contribution in [0, 0.1) is 5.92 Å². The zero-order valence-corrected chi connectivity index (χ0v) is 13.2. The summed E-state index contributed by atoms with van der Waals surface area (Å²) < 4.78 is 5.88. The first kappa shape index (κ1) is 15.8. The summed E-state index contributed by atoms with van der Waals surface area (Å²) in [5, 5.41) is 0. The van der Waals surface area contributed by atoms with Crippen LogP contribution in [0.1, 0.15) is 39.2 Å². The van der Waals surface area contributed by atoms with Gasteiger partial charge in [0, 0.05) is 24.7 Å². The average Bonchev–Trinajstić information content (AvgIpc) is 2.42. The quantitative estimate of drug-likeness (QED) is 0.906. The van der Waals surface area contributed by atoms with Gasteiger partial charge in [-0.3, -0.25) is 9.69 Å². The Morgan fingerprint density at radius 1 is 1.38 bits per heavy atom. The number of nitrogens with zero attached hydrogens (tertiary/aromatic N) is 1. The summed E-state index contributed by atoms with van der Waals surface area (Å²) in [6.45, 7) is 7.82. The Bertz CT molecular complexity index is 487. The highest BCUT2D eigenvalue weighted by atomic mass is 16.5. The van der Waals surface area contributed by atoms with Crippen LogP contribution in [0.25, 0.3) is 0 Å². The predicted octanol–water partition coefficient (Wildman–Crippen LogP) is 2.56. The molecule has 1 aromatic carbocycles. The van der Waals surface area contributed by atoms with Crippen LogP contribution in [0.2, 0.25) is 0 Å². The molecule has 0 bridgehead atoms. The van der Waals surface area contributed by atoms with Gasteiger partial charge in [0.05, 0.1) is 12.0 Å². The first-order valence-electron chi connectivity index (χ1n) is 7.75. The van der Waals surface area contributed by atoms with Crippen LogP contribution in [-0.2, 0) is 11.3 Å². The van der Waals surface area contributed by atoms with Crippen molar-refractivity contribution in [1.29, 1.82) is 0 Å². The molecule has 0 spiro atoms. The number of rotatable bonds is 5. The zero-order chi connectivity index (χ0) is 15.4. The number of benzene rings is 1. The lowest BCUT2D eigenvalue weighted by atomic mass is 9.92. The second-order valence-electron chi connectivity index (χ2n) is 6.23. The number of carbonyl (C=O) groups is 1. The first-order valence-corrected chi connectivity index (χ1v) is 7.75. The van der Waals surface area contributed by atoms with Crippen LogP contribution in [-0.4, -0.2) is 29.5 Å². The summed E-state index contributed by atoms with van der Waals surface area (Å²) in [7, 11) is 0. The van der Waals surface area contributed by atoms with Gasteiger partial charge in [0.1, 0.15) is 5.75 Å². The van der Waals surface area contributed by atoms with Crippen molar-refractivity contribution in [1.82, 2.24) is 4.90 Å². The Hall–Kier alpha value is -1.55. The second-order valence-corrected chi connectivity index (χ2v) is 6.23. The smallest absolute Gasteiger partial charge is 0.221 e. The Morgan fingerprint density at radius 3 is 2.76 bits per heavy atom. The normalized spacial score (nSPS) is 23.2. The molecule has 0 radical (unpaired) electrons. The summed E-state index contributed by atoms with van der Waals surface area (Å²) >= 11 is 0. The number of piperidine rings is 1. The van der Waals surface area contributed by atoms with Crippen molar-refractivity contribution in [2.75, 3.05) is 6.54 Å². The van der Waals surface area contributed by atoms with E-state index in [4.69, 9.17) is 10.5 Å². The number of amides is 1. The van der Waals surface area contributed by atoms with Crippen LogP contribution in [0.15, 0.2) is 24.3 Å². The van der Waals surface area contributed by atoms with Gasteiger partial charge in [0.2, 0.25) is 5.91 Å². The molecule has 2 atom stereocenters. The Labute approximate surface area is 127 Å². The molecule has 4 nitrogen and oxygen atoms in total. The number of likely N-dealkylation sites (tertiary alicyclic amines) is 1. The molecule has 2 N–H and O–H groups in total. The van der Waals surface area contributed by atoms with E-state index in [2.05, 4.69) is 17.9 Å². The standard InChI is InChI=1S/C17H26N2O2/c1-12(2)21-16-7-5-4-6-14(16)10-19-11-15(17(18)20)9-8-13(19)3/h4-7,12-13,15H,8-11H2,1-3H3,(H2,18,20)/t13-,15+/m1/s1. The highest BCUT2D eigenvalue weighted by molar-refractivity contribution is 5.77. The van der Waals surface area contributed by atoms with Crippen LogP contribution >= 0.6 is 0 Å². The van der Waals surface area contributed by atoms with E-state index < -0.39 is 0 Å². The zero-order valence-electron chi connectivity index (χ0n) is 13.2. The third-order valence-corrected chi connectivity index (χ3v) is 4.12. The summed E-state index contributed by atoms with van der Waals surface area (Å²) in [5.41, 5.74) is 6.64. The molecule has 0 aromatic heterocycles. The minimum atomic E-state index is -0.182. The topological polar surface area (TPSA) is 55.6 Å². The predicted molar refractivity (Wildman–Crippen MR) is 84.0 cm³/mol. The molecule has 4 heteroatoms. The number of hydrogen-bond donors (Lipinski definition) is 1. The lowest BCUT2D eigenvalue weighted by molar-refractivity contribution is -0.124. The van der Waals surface area contributed by atoms with E-state index in [1.54, 1.807) is 0 Å². The van der Waals surface area contributed by atoms with Crippen molar-refractivity contribution in [3.8, 4) is 5.75 Å². The van der Waals surface area contributed by atoms with Gasteiger partial charge in [0.15, 0.2) is 0 Å². The number of para-hydroxylation sites is 1. The molecule has 0 aliphatic carbocycles. The second kappa shape index (κ2) is 6.94. The largest absolute Gasteiger partial charge is 0.491 e. The third-order valence-electron chi connectivity index (χ3n) is 4.12. The van der Waals surface area contributed by atoms with Crippen molar-refractivity contribution in [2.45, 2.75) is 52.3 Å². The summed E-state index contributed by atoms with van der Waals surface area (Å²) in [4.78, 5) is 13.8. The van der Waals surface area contributed by atoms with E-state index in [9.17, 15) is 4.79 Å². The highest BCUT2D eigenvalue weighted by Crippen LogP contribution is 2.27. The van der Waals surface area contributed by atoms with Gasteiger partial charge in [0.25, 0.3) is 0 Å². The fraction of sp³-hybridized carbons (Fsp3) is 0.588. The highest BCUT2D eigenvalue weighted by Gasteiger charge is 2.29. The number of ether oxygens (including phenoxy) is 1. The van der Waals surface area contributed by atoms with Gasteiger partial charge < -0.3 is 10.5 Å². The van der Waals surface area contributed by atoms with Crippen LogP contribution in [0.5, 0.6) is 5.75 Å². The van der Waals surface area contributed by atoms with E-state index in [0.29, 0.717) is 6.04 Å². The molecule has 1 aromatic rings. The van der Waals surface area contributed by atoms with E-state index in [1.165, 1.54) is 5.56 Å². The molecule has 0 unspecified atom stereocenters. The molecule has 1 amide bonds. The van der Waals surface area contributed by atoms with E-state index in [-0.39, 0.29) is 17.9 Å². The molecule has 1 aliphatic heterocycles. The summed E-state index contributed by atoms with van der Waals surface area (Å²) in [5.74, 6) is 0.721. The van der Waals surface area contributed by atoms with E-state index in [0.717, 1.165) is 31.7 Å². The lowest BCUT2D eigenvalue weighted by Crippen LogP contribution is -2.45. The molecule has 21 heavy (non-hydrogen) atoms. The van der Waals surface area contributed by atoms with Crippen molar-refractivity contribution in [3.63, 3.8) is 0 Å². The molecule has 116 valence electrons. The third kappa shape index (κ3) is 4.21. The molecule has 1 aliphatic rings. The summed E-state index contributed by atoms with van der Waals surface area (Å²) in [6.07, 6.45) is 2.07. The SMILES string of the molecule is CC(C)Oc1ccccc1CN1C[C@@H](C(N)=O)CC[C@H]1C. The maximum absolute atomic E-state index is 11.4. The van der Waals surface area contributed by atoms with Gasteiger partial charge in [-0.15, -0.1) is 0 Å². The van der Waals surface area contributed by atoms with E-state index in [1.807, 2.05) is 32.0 Å². The van der Waals surface area contributed by atoms with Gasteiger partial charge >= 0.3 is 0 Å².